The highest BCUT2D eigenvalue weighted by atomic mass is 35.5. The van der Waals surface area contributed by atoms with Crippen LogP contribution in [0.4, 0.5) is 4.39 Å². The van der Waals surface area contributed by atoms with E-state index in [4.69, 9.17) is 17.3 Å². The SMILES string of the molecule is NC(=O)CC1CCCN(Cc2ccc(Cl)cc2F)C1. The summed E-state index contributed by atoms with van der Waals surface area (Å²) in [5.41, 5.74) is 5.87. The van der Waals surface area contributed by atoms with Crippen molar-refractivity contribution in [3.8, 4) is 0 Å². The fraction of sp³-hybridized carbons (Fsp3) is 0.500. The largest absolute Gasteiger partial charge is 0.370 e. The number of amides is 1. The molecule has 0 saturated carbocycles. The van der Waals surface area contributed by atoms with Crippen molar-refractivity contribution in [3.63, 3.8) is 0 Å². The molecule has 1 heterocycles. The predicted octanol–water partition coefficient (Wildman–Crippen LogP) is 2.57. The zero-order valence-electron chi connectivity index (χ0n) is 10.7. The Morgan fingerprint density at radius 2 is 2.32 bits per heavy atom. The zero-order chi connectivity index (χ0) is 13.8. The molecule has 1 saturated heterocycles. The molecule has 1 fully saturated rings. The summed E-state index contributed by atoms with van der Waals surface area (Å²) >= 11 is 5.74. The van der Waals surface area contributed by atoms with Crippen LogP contribution < -0.4 is 5.73 Å². The number of carbonyl (C=O) groups excluding carboxylic acids is 1. The molecule has 3 nitrogen and oxygen atoms in total. The zero-order valence-corrected chi connectivity index (χ0v) is 11.5. The summed E-state index contributed by atoms with van der Waals surface area (Å²) in [6.45, 7) is 2.28. The number of hydrogen-bond donors (Lipinski definition) is 1. The highest BCUT2D eigenvalue weighted by Gasteiger charge is 2.22. The number of hydrogen-bond acceptors (Lipinski definition) is 2. The first-order chi connectivity index (χ1) is 9.04. The number of halogens is 2. The number of nitrogens with zero attached hydrogens (tertiary/aromatic N) is 1. The molecule has 2 N–H and O–H groups in total. The number of benzene rings is 1. The second-order valence-electron chi connectivity index (χ2n) is 5.15. The van der Waals surface area contributed by atoms with Gasteiger partial charge in [-0.2, -0.15) is 0 Å². The Balaban J connectivity index is 1.96. The Labute approximate surface area is 117 Å². The number of primary amides is 1. The Bertz CT molecular complexity index is 467. The summed E-state index contributed by atoms with van der Waals surface area (Å²) in [6, 6.07) is 4.75. The van der Waals surface area contributed by atoms with Gasteiger partial charge in [-0.3, -0.25) is 9.69 Å². The molecule has 1 aliphatic rings. The van der Waals surface area contributed by atoms with Crippen molar-refractivity contribution < 1.29 is 9.18 Å². The molecule has 1 aromatic carbocycles. The van der Waals surface area contributed by atoms with Gasteiger partial charge in [0.2, 0.25) is 5.91 Å². The van der Waals surface area contributed by atoms with E-state index in [9.17, 15) is 9.18 Å². The minimum absolute atomic E-state index is 0.260. The summed E-state index contributed by atoms with van der Waals surface area (Å²) in [5, 5.41) is 0.409. The van der Waals surface area contributed by atoms with Crippen molar-refractivity contribution in [3.05, 3.63) is 34.6 Å². The molecule has 19 heavy (non-hydrogen) atoms. The predicted molar refractivity (Wildman–Crippen MR) is 73.2 cm³/mol. The maximum atomic E-state index is 13.7. The monoisotopic (exact) mass is 284 g/mol. The fourth-order valence-electron chi connectivity index (χ4n) is 2.64. The summed E-state index contributed by atoms with van der Waals surface area (Å²) in [7, 11) is 0. The first-order valence-corrected chi connectivity index (χ1v) is 6.87. The lowest BCUT2D eigenvalue weighted by Gasteiger charge is -2.32. The molecule has 0 spiro atoms. The van der Waals surface area contributed by atoms with Gasteiger partial charge in [0.25, 0.3) is 0 Å². The Morgan fingerprint density at radius 1 is 1.53 bits per heavy atom. The van der Waals surface area contributed by atoms with E-state index in [0.717, 1.165) is 25.9 Å². The number of rotatable bonds is 4. The summed E-state index contributed by atoms with van der Waals surface area (Å²) in [5.74, 6) is -0.240. The third kappa shape index (κ3) is 4.18. The maximum absolute atomic E-state index is 13.7. The summed E-state index contributed by atoms with van der Waals surface area (Å²) < 4.78 is 13.7. The molecule has 0 radical (unpaired) electrons. The molecular weight excluding hydrogens is 267 g/mol. The standard InChI is InChI=1S/C14H18ClFN2O/c15-12-4-3-11(13(16)7-12)9-18-5-1-2-10(8-18)6-14(17)19/h3-4,7,10H,1-2,5-6,8-9H2,(H2,17,19). The number of piperidine rings is 1. The van der Waals surface area contributed by atoms with Crippen LogP contribution in [0.15, 0.2) is 18.2 Å². The Morgan fingerprint density at radius 3 is 3.00 bits per heavy atom. The third-order valence-electron chi connectivity index (χ3n) is 3.50. The van der Waals surface area contributed by atoms with Crippen LogP contribution in [0, 0.1) is 11.7 Å². The molecule has 1 aromatic rings. The van der Waals surface area contributed by atoms with Crippen LogP contribution in [0.25, 0.3) is 0 Å². The Hall–Kier alpha value is -1.13. The lowest BCUT2D eigenvalue weighted by Crippen LogP contribution is -2.36. The minimum Gasteiger partial charge on any atom is -0.370 e. The average molecular weight is 285 g/mol. The van der Waals surface area contributed by atoms with Crippen molar-refractivity contribution in [2.24, 2.45) is 11.7 Å². The molecule has 1 atom stereocenters. The molecule has 0 aromatic heterocycles. The van der Waals surface area contributed by atoms with Crippen LogP contribution in [-0.2, 0) is 11.3 Å². The Kier molecular flexibility index (Phi) is 4.77. The van der Waals surface area contributed by atoms with Gasteiger partial charge in [-0.05, 0) is 37.4 Å². The van der Waals surface area contributed by atoms with Gasteiger partial charge in [-0.15, -0.1) is 0 Å². The van der Waals surface area contributed by atoms with Gasteiger partial charge in [0.15, 0.2) is 0 Å². The first-order valence-electron chi connectivity index (χ1n) is 6.49. The highest BCUT2D eigenvalue weighted by Crippen LogP contribution is 2.22. The summed E-state index contributed by atoms with van der Waals surface area (Å²) in [6.07, 6.45) is 2.45. The average Bonchev–Trinajstić information content (AvgIpc) is 2.32. The quantitative estimate of drug-likeness (QED) is 0.924. The molecule has 0 bridgehead atoms. The van der Waals surface area contributed by atoms with Gasteiger partial charge in [-0.25, -0.2) is 4.39 Å². The van der Waals surface area contributed by atoms with E-state index in [2.05, 4.69) is 4.90 Å². The van der Waals surface area contributed by atoms with Crippen LogP contribution in [0.3, 0.4) is 0 Å². The molecule has 2 rings (SSSR count). The fourth-order valence-corrected chi connectivity index (χ4v) is 2.80. The second kappa shape index (κ2) is 6.35. The number of likely N-dealkylation sites (tertiary alicyclic amines) is 1. The van der Waals surface area contributed by atoms with E-state index in [-0.39, 0.29) is 11.7 Å². The van der Waals surface area contributed by atoms with Crippen molar-refractivity contribution in [2.75, 3.05) is 13.1 Å². The van der Waals surface area contributed by atoms with Crippen molar-refractivity contribution >= 4 is 17.5 Å². The van der Waals surface area contributed by atoms with Gasteiger partial charge in [0.05, 0.1) is 0 Å². The molecular formula is C14H18ClFN2O. The van der Waals surface area contributed by atoms with Gasteiger partial charge < -0.3 is 5.73 Å². The molecule has 104 valence electrons. The molecule has 5 heteroatoms. The van der Waals surface area contributed by atoms with Crippen LogP contribution in [0.5, 0.6) is 0 Å². The van der Waals surface area contributed by atoms with E-state index in [1.54, 1.807) is 12.1 Å². The lowest BCUT2D eigenvalue weighted by atomic mass is 9.94. The first kappa shape index (κ1) is 14.3. The summed E-state index contributed by atoms with van der Waals surface area (Å²) in [4.78, 5) is 13.1. The van der Waals surface area contributed by atoms with Gasteiger partial charge in [0.1, 0.15) is 5.82 Å². The molecule has 1 unspecified atom stereocenters. The van der Waals surface area contributed by atoms with E-state index in [1.807, 2.05) is 0 Å². The van der Waals surface area contributed by atoms with Crippen LogP contribution in [0.1, 0.15) is 24.8 Å². The lowest BCUT2D eigenvalue weighted by molar-refractivity contribution is -0.119. The van der Waals surface area contributed by atoms with E-state index < -0.39 is 0 Å². The number of carbonyl (C=O) groups is 1. The van der Waals surface area contributed by atoms with E-state index in [1.165, 1.54) is 6.07 Å². The van der Waals surface area contributed by atoms with Crippen LogP contribution >= 0.6 is 11.6 Å². The normalized spacial score (nSPS) is 20.4. The van der Waals surface area contributed by atoms with Crippen molar-refractivity contribution in [2.45, 2.75) is 25.8 Å². The molecule has 1 aliphatic heterocycles. The maximum Gasteiger partial charge on any atom is 0.217 e. The highest BCUT2D eigenvalue weighted by molar-refractivity contribution is 6.30. The van der Waals surface area contributed by atoms with Crippen LogP contribution in [0.2, 0.25) is 5.02 Å². The second-order valence-corrected chi connectivity index (χ2v) is 5.59. The minimum atomic E-state index is -0.274. The van der Waals surface area contributed by atoms with Gasteiger partial charge >= 0.3 is 0 Å². The smallest absolute Gasteiger partial charge is 0.217 e. The molecule has 0 aliphatic carbocycles. The van der Waals surface area contributed by atoms with Gasteiger partial charge in [-0.1, -0.05) is 17.7 Å². The van der Waals surface area contributed by atoms with Crippen molar-refractivity contribution in [1.29, 1.82) is 0 Å². The number of nitrogens with two attached hydrogens (primary N) is 1. The van der Waals surface area contributed by atoms with Crippen molar-refractivity contribution in [1.82, 2.24) is 4.90 Å². The van der Waals surface area contributed by atoms with Gasteiger partial charge in [0, 0.05) is 30.1 Å². The topological polar surface area (TPSA) is 46.3 Å². The third-order valence-corrected chi connectivity index (χ3v) is 3.74. The van der Waals surface area contributed by atoms with Crippen LogP contribution in [-0.4, -0.2) is 23.9 Å². The van der Waals surface area contributed by atoms with E-state index >= 15 is 0 Å². The van der Waals surface area contributed by atoms with E-state index in [0.29, 0.717) is 29.5 Å². The molecule has 1 amide bonds.